The van der Waals surface area contributed by atoms with Crippen molar-refractivity contribution < 1.29 is 9.53 Å². The molecule has 0 saturated carbocycles. The molecule has 2 atom stereocenters. The summed E-state index contributed by atoms with van der Waals surface area (Å²) in [4.78, 5) is 12.9. The summed E-state index contributed by atoms with van der Waals surface area (Å²) >= 11 is 0. The Morgan fingerprint density at radius 3 is 1.81 bits per heavy atom. The lowest BCUT2D eigenvalue weighted by atomic mass is 9.67. The number of rotatable bonds is 9. The highest BCUT2D eigenvalue weighted by atomic mass is 16.5. The lowest BCUT2D eigenvalue weighted by Crippen LogP contribution is -2.41. The molecule has 0 spiro atoms. The summed E-state index contributed by atoms with van der Waals surface area (Å²) < 4.78 is 5.93. The number of carbonyl (C=O) groups excluding carboxylic acids is 1. The fraction of sp³-hybridized carbons (Fsp3) is 0.947. The van der Waals surface area contributed by atoms with E-state index in [4.69, 9.17) is 4.74 Å². The van der Waals surface area contributed by atoms with Crippen LogP contribution in [0.5, 0.6) is 0 Å². The van der Waals surface area contributed by atoms with Crippen LogP contribution in [0.25, 0.3) is 0 Å². The van der Waals surface area contributed by atoms with Gasteiger partial charge < -0.3 is 4.74 Å². The molecule has 0 amide bonds. The monoisotopic (exact) mass is 298 g/mol. The smallest absolute Gasteiger partial charge is 0.312 e. The Morgan fingerprint density at radius 2 is 1.48 bits per heavy atom. The van der Waals surface area contributed by atoms with E-state index in [0.29, 0.717) is 5.92 Å². The van der Waals surface area contributed by atoms with E-state index in [9.17, 15) is 4.79 Å². The standard InChI is InChI=1S/C19H38O2/c1-9-12-16(13-10-2)21-17(20)19(8,15(4)11-3)14-18(5,6)7/h15-16H,9-14H2,1-8H3. The van der Waals surface area contributed by atoms with Crippen LogP contribution in [-0.4, -0.2) is 12.1 Å². The van der Waals surface area contributed by atoms with E-state index in [0.717, 1.165) is 38.5 Å². The van der Waals surface area contributed by atoms with Gasteiger partial charge in [0.25, 0.3) is 0 Å². The SMILES string of the molecule is CCCC(CCC)OC(=O)C(C)(CC(C)(C)C)C(C)CC. The number of ether oxygens (including phenoxy) is 1. The van der Waals surface area contributed by atoms with Crippen LogP contribution in [0, 0.1) is 16.7 Å². The maximum atomic E-state index is 12.9. The van der Waals surface area contributed by atoms with Crippen molar-refractivity contribution in [3.63, 3.8) is 0 Å². The Balaban J connectivity index is 5.10. The van der Waals surface area contributed by atoms with Gasteiger partial charge in [0.1, 0.15) is 6.10 Å². The van der Waals surface area contributed by atoms with E-state index in [1.54, 1.807) is 0 Å². The molecule has 2 heteroatoms. The van der Waals surface area contributed by atoms with Gasteiger partial charge in [-0.25, -0.2) is 0 Å². The Bertz CT molecular complexity index is 297. The normalized spacial score (nSPS) is 16.6. The second-order valence-corrected chi connectivity index (χ2v) is 8.07. The maximum Gasteiger partial charge on any atom is 0.312 e. The Labute approximate surface area is 133 Å². The quantitative estimate of drug-likeness (QED) is 0.489. The Kier molecular flexibility index (Phi) is 8.58. The minimum atomic E-state index is -0.382. The first kappa shape index (κ1) is 20.5. The predicted octanol–water partition coefficient (Wildman–Crippen LogP) is 5.99. The molecule has 0 heterocycles. The third kappa shape index (κ3) is 6.84. The molecule has 2 unspecified atom stereocenters. The lowest BCUT2D eigenvalue weighted by Gasteiger charge is -2.39. The van der Waals surface area contributed by atoms with Gasteiger partial charge in [0.2, 0.25) is 0 Å². The summed E-state index contributed by atoms with van der Waals surface area (Å²) in [6.07, 6.45) is 6.06. The minimum Gasteiger partial charge on any atom is -0.462 e. The van der Waals surface area contributed by atoms with Gasteiger partial charge in [-0.3, -0.25) is 4.79 Å². The van der Waals surface area contributed by atoms with Gasteiger partial charge in [-0.15, -0.1) is 0 Å². The maximum absolute atomic E-state index is 12.9. The molecule has 0 N–H and O–H groups in total. The summed E-state index contributed by atoms with van der Waals surface area (Å²) in [7, 11) is 0. The number of esters is 1. The van der Waals surface area contributed by atoms with Crippen molar-refractivity contribution >= 4 is 5.97 Å². The fourth-order valence-electron chi connectivity index (χ4n) is 3.19. The molecular formula is C19H38O2. The molecule has 0 aliphatic heterocycles. The van der Waals surface area contributed by atoms with E-state index in [1.807, 2.05) is 0 Å². The first-order valence-electron chi connectivity index (χ1n) is 8.81. The lowest BCUT2D eigenvalue weighted by molar-refractivity contribution is -0.167. The topological polar surface area (TPSA) is 26.3 Å². The van der Waals surface area contributed by atoms with Crippen molar-refractivity contribution in [2.45, 2.75) is 100 Å². The van der Waals surface area contributed by atoms with Crippen molar-refractivity contribution in [1.29, 1.82) is 0 Å². The average Bonchev–Trinajstić information content (AvgIpc) is 2.36. The van der Waals surface area contributed by atoms with E-state index >= 15 is 0 Å². The number of hydrogen-bond acceptors (Lipinski definition) is 2. The highest BCUT2D eigenvalue weighted by Crippen LogP contribution is 2.42. The summed E-state index contributed by atoms with van der Waals surface area (Å²) in [5.41, 5.74) is -0.255. The van der Waals surface area contributed by atoms with Gasteiger partial charge >= 0.3 is 5.97 Å². The van der Waals surface area contributed by atoms with Crippen LogP contribution in [0.4, 0.5) is 0 Å². The molecule has 0 fully saturated rings. The first-order valence-corrected chi connectivity index (χ1v) is 8.81. The molecule has 0 aromatic rings. The summed E-state index contributed by atoms with van der Waals surface area (Å²) in [5, 5.41) is 0. The van der Waals surface area contributed by atoms with E-state index < -0.39 is 0 Å². The third-order valence-corrected chi connectivity index (χ3v) is 4.56. The molecule has 21 heavy (non-hydrogen) atoms. The molecule has 126 valence electrons. The van der Waals surface area contributed by atoms with E-state index in [1.165, 1.54) is 0 Å². The molecule has 0 aliphatic carbocycles. The predicted molar refractivity (Wildman–Crippen MR) is 91.3 cm³/mol. The number of hydrogen-bond donors (Lipinski definition) is 0. The second-order valence-electron chi connectivity index (χ2n) is 8.07. The highest BCUT2D eigenvalue weighted by molar-refractivity contribution is 5.77. The molecular weight excluding hydrogens is 260 g/mol. The fourth-order valence-corrected chi connectivity index (χ4v) is 3.19. The summed E-state index contributed by atoms with van der Waals surface area (Å²) in [6, 6.07) is 0. The largest absolute Gasteiger partial charge is 0.462 e. The van der Waals surface area contributed by atoms with Crippen LogP contribution in [0.3, 0.4) is 0 Å². The molecule has 0 aromatic carbocycles. The zero-order valence-electron chi connectivity index (χ0n) is 15.7. The van der Waals surface area contributed by atoms with Crippen LogP contribution in [0.15, 0.2) is 0 Å². The van der Waals surface area contributed by atoms with Crippen molar-refractivity contribution in [2.75, 3.05) is 0 Å². The van der Waals surface area contributed by atoms with Crippen molar-refractivity contribution in [2.24, 2.45) is 16.7 Å². The van der Waals surface area contributed by atoms with Crippen LogP contribution in [0.2, 0.25) is 0 Å². The van der Waals surface area contributed by atoms with Gasteiger partial charge in [0.15, 0.2) is 0 Å². The van der Waals surface area contributed by atoms with Crippen LogP contribution in [0.1, 0.15) is 93.9 Å². The van der Waals surface area contributed by atoms with Crippen LogP contribution < -0.4 is 0 Å². The average molecular weight is 299 g/mol. The van der Waals surface area contributed by atoms with E-state index in [2.05, 4.69) is 55.4 Å². The highest BCUT2D eigenvalue weighted by Gasteiger charge is 2.43. The zero-order valence-corrected chi connectivity index (χ0v) is 15.7. The van der Waals surface area contributed by atoms with Crippen molar-refractivity contribution in [1.82, 2.24) is 0 Å². The van der Waals surface area contributed by atoms with Gasteiger partial charge in [-0.05, 0) is 37.5 Å². The molecule has 0 rings (SSSR count). The molecule has 0 saturated heterocycles. The van der Waals surface area contributed by atoms with Gasteiger partial charge in [-0.1, -0.05) is 67.7 Å². The zero-order chi connectivity index (χ0) is 16.7. The first-order chi connectivity index (χ1) is 9.60. The van der Waals surface area contributed by atoms with Crippen LogP contribution in [-0.2, 0) is 9.53 Å². The third-order valence-electron chi connectivity index (χ3n) is 4.56. The van der Waals surface area contributed by atoms with Crippen LogP contribution >= 0.6 is 0 Å². The summed E-state index contributed by atoms with van der Waals surface area (Å²) in [6.45, 7) is 17.4. The van der Waals surface area contributed by atoms with Gasteiger partial charge in [0, 0.05) is 0 Å². The van der Waals surface area contributed by atoms with Gasteiger partial charge in [0.05, 0.1) is 5.41 Å². The summed E-state index contributed by atoms with van der Waals surface area (Å²) in [5.74, 6) is 0.354. The Hall–Kier alpha value is -0.530. The van der Waals surface area contributed by atoms with Crippen molar-refractivity contribution in [3.8, 4) is 0 Å². The second kappa shape index (κ2) is 8.80. The van der Waals surface area contributed by atoms with E-state index in [-0.39, 0.29) is 22.9 Å². The van der Waals surface area contributed by atoms with Crippen molar-refractivity contribution in [3.05, 3.63) is 0 Å². The molecule has 0 bridgehead atoms. The number of carbonyl (C=O) groups is 1. The molecule has 2 nitrogen and oxygen atoms in total. The minimum absolute atomic E-state index is 0.0127. The molecule has 0 radical (unpaired) electrons. The molecule has 0 aliphatic rings. The Morgan fingerprint density at radius 1 is 1.00 bits per heavy atom. The molecule has 0 aromatic heterocycles. The van der Waals surface area contributed by atoms with Gasteiger partial charge in [-0.2, -0.15) is 0 Å².